The van der Waals surface area contributed by atoms with Crippen LogP contribution in [0, 0.1) is 0 Å². The SMILES string of the molecule is OCC1CN(c2ccc3c(c2)OCCO3)CCCN1. The number of hydrogen-bond donors (Lipinski definition) is 2. The Balaban J connectivity index is 1.80. The van der Waals surface area contributed by atoms with Crippen molar-refractivity contribution in [1.29, 1.82) is 0 Å². The van der Waals surface area contributed by atoms with Crippen LogP contribution in [0.5, 0.6) is 11.5 Å². The quantitative estimate of drug-likeness (QED) is 0.820. The van der Waals surface area contributed by atoms with E-state index in [2.05, 4.69) is 16.3 Å². The van der Waals surface area contributed by atoms with Crippen LogP contribution in [-0.4, -0.2) is 50.6 Å². The van der Waals surface area contributed by atoms with E-state index in [0.29, 0.717) is 13.2 Å². The molecule has 1 aromatic carbocycles. The largest absolute Gasteiger partial charge is 0.486 e. The second-order valence-corrected chi connectivity index (χ2v) is 4.96. The van der Waals surface area contributed by atoms with Gasteiger partial charge in [0.05, 0.1) is 6.61 Å². The Kier molecular flexibility index (Phi) is 3.75. The van der Waals surface area contributed by atoms with Crippen LogP contribution >= 0.6 is 0 Å². The molecule has 104 valence electrons. The fraction of sp³-hybridized carbons (Fsp3) is 0.571. The molecule has 1 atom stereocenters. The highest BCUT2D eigenvalue weighted by Gasteiger charge is 2.19. The maximum atomic E-state index is 9.34. The predicted molar refractivity (Wildman–Crippen MR) is 73.1 cm³/mol. The Morgan fingerprint density at radius 3 is 2.95 bits per heavy atom. The number of rotatable bonds is 2. The third-order valence-electron chi connectivity index (χ3n) is 3.59. The third kappa shape index (κ3) is 2.77. The van der Waals surface area contributed by atoms with E-state index in [1.165, 1.54) is 0 Å². The van der Waals surface area contributed by atoms with Gasteiger partial charge in [-0.3, -0.25) is 0 Å². The summed E-state index contributed by atoms with van der Waals surface area (Å²) in [6, 6.07) is 6.20. The summed E-state index contributed by atoms with van der Waals surface area (Å²) in [5.74, 6) is 1.64. The first-order valence-electron chi connectivity index (χ1n) is 6.85. The molecule has 0 saturated carbocycles. The van der Waals surface area contributed by atoms with E-state index in [9.17, 15) is 5.11 Å². The van der Waals surface area contributed by atoms with E-state index < -0.39 is 0 Å². The number of benzene rings is 1. The molecule has 0 bridgehead atoms. The standard InChI is InChI=1S/C14H20N2O3/c17-10-11-9-16(5-1-4-15-11)12-2-3-13-14(8-12)19-7-6-18-13/h2-3,8,11,15,17H,1,4-7,9-10H2. The summed E-state index contributed by atoms with van der Waals surface area (Å²) in [4.78, 5) is 2.29. The zero-order chi connectivity index (χ0) is 13.1. The maximum Gasteiger partial charge on any atom is 0.163 e. The van der Waals surface area contributed by atoms with Gasteiger partial charge in [-0.1, -0.05) is 0 Å². The lowest BCUT2D eigenvalue weighted by atomic mass is 10.2. The van der Waals surface area contributed by atoms with Crippen LogP contribution in [0.3, 0.4) is 0 Å². The summed E-state index contributed by atoms with van der Waals surface area (Å²) in [6.07, 6.45) is 1.07. The minimum atomic E-state index is 0.135. The molecule has 0 amide bonds. The molecule has 1 saturated heterocycles. The lowest BCUT2D eigenvalue weighted by molar-refractivity contribution is 0.171. The molecule has 19 heavy (non-hydrogen) atoms. The van der Waals surface area contributed by atoms with Gasteiger partial charge in [-0.15, -0.1) is 0 Å². The van der Waals surface area contributed by atoms with Gasteiger partial charge in [0.1, 0.15) is 13.2 Å². The number of nitrogens with zero attached hydrogens (tertiary/aromatic N) is 1. The van der Waals surface area contributed by atoms with Gasteiger partial charge in [-0.25, -0.2) is 0 Å². The van der Waals surface area contributed by atoms with Crippen molar-refractivity contribution < 1.29 is 14.6 Å². The second kappa shape index (κ2) is 5.67. The normalized spacial score (nSPS) is 23.0. The average molecular weight is 264 g/mol. The summed E-state index contributed by atoms with van der Waals surface area (Å²) < 4.78 is 11.2. The van der Waals surface area contributed by atoms with E-state index in [-0.39, 0.29) is 12.6 Å². The van der Waals surface area contributed by atoms with Crippen LogP contribution in [0.25, 0.3) is 0 Å². The number of fused-ring (bicyclic) bond motifs is 1. The van der Waals surface area contributed by atoms with Gasteiger partial charge in [-0.05, 0) is 25.1 Å². The summed E-state index contributed by atoms with van der Waals surface area (Å²) in [5.41, 5.74) is 1.13. The highest BCUT2D eigenvalue weighted by atomic mass is 16.6. The van der Waals surface area contributed by atoms with Gasteiger partial charge in [-0.2, -0.15) is 0 Å². The van der Waals surface area contributed by atoms with Crippen molar-refractivity contribution in [2.45, 2.75) is 12.5 Å². The molecule has 0 aromatic heterocycles. The monoisotopic (exact) mass is 264 g/mol. The van der Waals surface area contributed by atoms with Crippen molar-refractivity contribution in [3.8, 4) is 11.5 Å². The van der Waals surface area contributed by atoms with Gasteiger partial charge in [0.15, 0.2) is 11.5 Å². The number of aliphatic hydroxyl groups excluding tert-OH is 1. The van der Waals surface area contributed by atoms with Crippen LogP contribution in [-0.2, 0) is 0 Å². The van der Waals surface area contributed by atoms with Crippen LogP contribution in [0.4, 0.5) is 5.69 Å². The Morgan fingerprint density at radius 2 is 2.11 bits per heavy atom. The molecule has 3 rings (SSSR count). The molecule has 0 aliphatic carbocycles. The fourth-order valence-electron chi connectivity index (χ4n) is 2.58. The maximum absolute atomic E-state index is 9.34. The Morgan fingerprint density at radius 1 is 1.26 bits per heavy atom. The van der Waals surface area contributed by atoms with Crippen LogP contribution in [0.15, 0.2) is 18.2 Å². The summed E-state index contributed by atoms with van der Waals surface area (Å²) >= 11 is 0. The highest BCUT2D eigenvalue weighted by molar-refractivity contribution is 5.57. The zero-order valence-corrected chi connectivity index (χ0v) is 11.0. The molecule has 5 nitrogen and oxygen atoms in total. The fourth-order valence-corrected chi connectivity index (χ4v) is 2.58. The summed E-state index contributed by atoms with van der Waals surface area (Å²) in [7, 11) is 0. The number of ether oxygens (including phenoxy) is 2. The van der Waals surface area contributed by atoms with Gasteiger partial charge in [0, 0.05) is 30.9 Å². The number of anilines is 1. The van der Waals surface area contributed by atoms with Gasteiger partial charge < -0.3 is 24.8 Å². The first-order valence-corrected chi connectivity index (χ1v) is 6.85. The van der Waals surface area contributed by atoms with E-state index in [4.69, 9.17) is 9.47 Å². The number of aliphatic hydroxyl groups is 1. The number of hydrogen-bond acceptors (Lipinski definition) is 5. The molecule has 1 unspecified atom stereocenters. The van der Waals surface area contributed by atoms with Crippen molar-refractivity contribution in [2.75, 3.05) is 44.4 Å². The van der Waals surface area contributed by atoms with Gasteiger partial charge in [0.25, 0.3) is 0 Å². The summed E-state index contributed by atoms with van der Waals surface area (Å²) in [6.45, 7) is 4.15. The minimum absolute atomic E-state index is 0.135. The Hall–Kier alpha value is -1.46. The third-order valence-corrected chi connectivity index (χ3v) is 3.59. The van der Waals surface area contributed by atoms with E-state index >= 15 is 0 Å². The molecule has 0 spiro atoms. The smallest absolute Gasteiger partial charge is 0.163 e. The van der Waals surface area contributed by atoms with Crippen molar-refractivity contribution in [2.24, 2.45) is 0 Å². The average Bonchev–Trinajstić information content (AvgIpc) is 2.72. The molecule has 0 radical (unpaired) electrons. The first kappa shape index (κ1) is 12.6. The van der Waals surface area contributed by atoms with Crippen LogP contribution < -0.4 is 19.7 Å². The molecule has 2 aliphatic heterocycles. The molecule has 1 fully saturated rings. The van der Waals surface area contributed by atoms with Gasteiger partial charge in [0.2, 0.25) is 0 Å². The minimum Gasteiger partial charge on any atom is -0.486 e. The molecule has 2 N–H and O–H groups in total. The van der Waals surface area contributed by atoms with Crippen molar-refractivity contribution in [3.63, 3.8) is 0 Å². The second-order valence-electron chi connectivity index (χ2n) is 4.96. The molecule has 2 aliphatic rings. The lowest BCUT2D eigenvalue weighted by Crippen LogP contribution is -2.40. The highest BCUT2D eigenvalue weighted by Crippen LogP contribution is 2.34. The van der Waals surface area contributed by atoms with Gasteiger partial charge >= 0.3 is 0 Å². The molecule has 5 heteroatoms. The first-order chi connectivity index (χ1) is 9.36. The van der Waals surface area contributed by atoms with E-state index in [1.54, 1.807) is 0 Å². The number of nitrogens with one attached hydrogen (secondary N) is 1. The predicted octanol–water partition coefficient (Wildman–Crippen LogP) is 0.618. The van der Waals surface area contributed by atoms with Crippen LogP contribution in [0.2, 0.25) is 0 Å². The Bertz CT molecular complexity index is 439. The molecular formula is C14H20N2O3. The van der Waals surface area contributed by atoms with Crippen molar-refractivity contribution in [1.82, 2.24) is 5.32 Å². The molecular weight excluding hydrogens is 244 g/mol. The van der Waals surface area contributed by atoms with Crippen molar-refractivity contribution in [3.05, 3.63) is 18.2 Å². The van der Waals surface area contributed by atoms with E-state index in [0.717, 1.165) is 43.2 Å². The Labute approximate surface area is 113 Å². The zero-order valence-electron chi connectivity index (χ0n) is 11.0. The molecule has 1 aromatic rings. The van der Waals surface area contributed by atoms with E-state index in [1.807, 2.05) is 12.1 Å². The van der Waals surface area contributed by atoms with Crippen molar-refractivity contribution >= 4 is 5.69 Å². The molecule has 2 heterocycles. The lowest BCUT2D eigenvalue weighted by Gasteiger charge is -2.27. The topological polar surface area (TPSA) is 54.0 Å². The van der Waals surface area contributed by atoms with Crippen LogP contribution in [0.1, 0.15) is 6.42 Å². The summed E-state index contributed by atoms with van der Waals surface area (Å²) in [5, 5.41) is 12.7.